The molecule has 0 rings (SSSR count). The van der Waals surface area contributed by atoms with E-state index in [-0.39, 0.29) is 37.5 Å². The van der Waals surface area contributed by atoms with Crippen LogP contribution in [0.5, 0.6) is 0 Å². The fourth-order valence-corrected chi connectivity index (χ4v) is 7.81. The first-order chi connectivity index (χ1) is 31.0. The molecule has 0 bridgehead atoms. The molecule has 6 heteroatoms. The number of carbonyl (C=O) groups is 3. The summed E-state index contributed by atoms with van der Waals surface area (Å²) in [6.45, 7) is 6.44. The summed E-state index contributed by atoms with van der Waals surface area (Å²) in [5, 5.41) is 0. The zero-order valence-corrected chi connectivity index (χ0v) is 41.8. The summed E-state index contributed by atoms with van der Waals surface area (Å²) in [5.41, 5.74) is 0. The summed E-state index contributed by atoms with van der Waals surface area (Å²) in [6, 6.07) is 0. The zero-order valence-electron chi connectivity index (χ0n) is 41.8. The van der Waals surface area contributed by atoms with Crippen molar-refractivity contribution in [1.29, 1.82) is 0 Å². The first-order valence-corrected chi connectivity index (χ1v) is 27.1. The van der Waals surface area contributed by atoms with E-state index >= 15 is 0 Å². The van der Waals surface area contributed by atoms with Gasteiger partial charge in [0.25, 0.3) is 0 Å². The van der Waals surface area contributed by atoms with Crippen molar-refractivity contribution < 1.29 is 28.6 Å². The highest BCUT2D eigenvalue weighted by Gasteiger charge is 2.19. The quantitative estimate of drug-likeness (QED) is 0.0262. The Morgan fingerprint density at radius 3 is 0.937 bits per heavy atom. The highest BCUT2D eigenvalue weighted by molar-refractivity contribution is 5.71. The number of hydrogen-bond acceptors (Lipinski definition) is 6. The lowest BCUT2D eigenvalue weighted by atomic mass is 10.0. The molecule has 0 spiro atoms. The molecule has 6 nitrogen and oxygen atoms in total. The molecule has 1 atom stereocenters. The molecule has 0 aromatic rings. The molecule has 0 amide bonds. The highest BCUT2D eigenvalue weighted by Crippen LogP contribution is 2.17. The molecule has 0 saturated carbocycles. The van der Waals surface area contributed by atoms with E-state index in [1.165, 1.54) is 167 Å². The van der Waals surface area contributed by atoms with Gasteiger partial charge >= 0.3 is 17.9 Å². The number of rotatable bonds is 49. The Morgan fingerprint density at radius 2 is 0.619 bits per heavy atom. The Hall–Kier alpha value is -2.63. The molecule has 0 radical (unpaired) electrons. The average molecular weight is 883 g/mol. The van der Waals surface area contributed by atoms with Crippen molar-refractivity contribution in [3.63, 3.8) is 0 Å². The largest absolute Gasteiger partial charge is 0.462 e. The third-order valence-electron chi connectivity index (χ3n) is 11.9. The fraction of sp³-hybridized carbons (Fsp3) is 0.807. The van der Waals surface area contributed by atoms with Crippen molar-refractivity contribution in [3.05, 3.63) is 48.6 Å². The van der Waals surface area contributed by atoms with E-state index in [0.717, 1.165) is 64.2 Å². The first-order valence-electron chi connectivity index (χ1n) is 27.1. The summed E-state index contributed by atoms with van der Waals surface area (Å²) in [7, 11) is 0. The lowest BCUT2D eigenvalue weighted by Gasteiger charge is -2.18. The molecule has 0 aromatic heterocycles. The third-order valence-corrected chi connectivity index (χ3v) is 11.9. The topological polar surface area (TPSA) is 78.9 Å². The number of unbranched alkanes of at least 4 members (excludes halogenated alkanes) is 30. The number of allylic oxidation sites excluding steroid dienone is 8. The molecule has 0 fully saturated rings. The molecule has 0 aliphatic rings. The Morgan fingerprint density at radius 1 is 0.333 bits per heavy atom. The van der Waals surface area contributed by atoms with E-state index in [1.54, 1.807) is 0 Å². The predicted molar refractivity (Wildman–Crippen MR) is 270 cm³/mol. The fourth-order valence-electron chi connectivity index (χ4n) is 7.81. The molecule has 366 valence electrons. The second-order valence-electron chi connectivity index (χ2n) is 18.1. The Balaban J connectivity index is 4.13. The number of hydrogen-bond donors (Lipinski definition) is 0. The highest BCUT2D eigenvalue weighted by atomic mass is 16.6. The number of carbonyl (C=O) groups excluding carboxylic acids is 3. The predicted octanol–water partition coefficient (Wildman–Crippen LogP) is 17.9. The van der Waals surface area contributed by atoms with Crippen molar-refractivity contribution in [2.24, 2.45) is 0 Å². The van der Waals surface area contributed by atoms with Gasteiger partial charge in [-0.2, -0.15) is 0 Å². The van der Waals surface area contributed by atoms with Crippen molar-refractivity contribution >= 4 is 17.9 Å². The second kappa shape index (κ2) is 52.0. The van der Waals surface area contributed by atoms with E-state index in [0.29, 0.717) is 19.3 Å². The van der Waals surface area contributed by atoms with Gasteiger partial charge in [0.1, 0.15) is 13.2 Å². The molecule has 0 aliphatic heterocycles. The minimum Gasteiger partial charge on any atom is -0.462 e. The molecule has 0 N–H and O–H groups in total. The minimum atomic E-state index is -0.805. The van der Waals surface area contributed by atoms with Crippen LogP contribution in [0.25, 0.3) is 0 Å². The maximum Gasteiger partial charge on any atom is 0.306 e. The maximum absolute atomic E-state index is 12.7. The number of ether oxygens (including phenoxy) is 3. The van der Waals surface area contributed by atoms with Gasteiger partial charge in [-0.1, -0.05) is 262 Å². The Labute approximate surface area is 390 Å². The van der Waals surface area contributed by atoms with Crippen LogP contribution in [0.15, 0.2) is 48.6 Å². The smallest absolute Gasteiger partial charge is 0.306 e. The van der Waals surface area contributed by atoms with Crippen LogP contribution in [0.1, 0.15) is 278 Å². The maximum atomic E-state index is 12.7. The summed E-state index contributed by atoms with van der Waals surface area (Å²) < 4.78 is 16.7. The van der Waals surface area contributed by atoms with Crippen LogP contribution in [0.4, 0.5) is 0 Å². The van der Waals surface area contributed by atoms with Crippen molar-refractivity contribution in [2.75, 3.05) is 13.2 Å². The van der Waals surface area contributed by atoms with Gasteiger partial charge in [-0.25, -0.2) is 0 Å². The van der Waals surface area contributed by atoms with Crippen LogP contribution in [0.3, 0.4) is 0 Å². The van der Waals surface area contributed by atoms with E-state index < -0.39 is 6.10 Å². The molecule has 0 saturated heterocycles. The Kier molecular flexibility index (Phi) is 49.8. The van der Waals surface area contributed by atoms with Crippen LogP contribution >= 0.6 is 0 Å². The molecular weight excluding hydrogens is 781 g/mol. The number of esters is 3. The second-order valence-corrected chi connectivity index (χ2v) is 18.1. The van der Waals surface area contributed by atoms with E-state index in [1.807, 2.05) is 12.2 Å². The van der Waals surface area contributed by atoms with Gasteiger partial charge in [-0.3, -0.25) is 14.4 Å². The van der Waals surface area contributed by atoms with Gasteiger partial charge < -0.3 is 14.2 Å². The SMILES string of the molecule is CC/C=C\C/C=C\C/C=C\C/C=C\CCC(=O)OC(COC(=O)CCCCCCCCC)COC(=O)CCCCCCCCCCCCCCCCCCCCCCCCCCC. The summed E-state index contributed by atoms with van der Waals surface area (Å²) in [6.07, 6.45) is 63.0. The minimum absolute atomic E-state index is 0.0985. The Bertz CT molecular complexity index is 1110. The third kappa shape index (κ3) is 50.2. The summed E-state index contributed by atoms with van der Waals surface area (Å²) >= 11 is 0. The van der Waals surface area contributed by atoms with Crippen molar-refractivity contribution in [2.45, 2.75) is 284 Å². The van der Waals surface area contributed by atoms with Gasteiger partial charge in [-0.05, 0) is 44.9 Å². The van der Waals surface area contributed by atoms with Gasteiger partial charge in [0.05, 0.1) is 0 Å². The molecular formula is C57H102O6. The molecule has 0 aliphatic carbocycles. The molecule has 1 unspecified atom stereocenters. The van der Waals surface area contributed by atoms with Crippen LogP contribution in [-0.4, -0.2) is 37.2 Å². The van der Waals surface area contributed by atoms with E-state index in [4.69, 9.17) is 14.2 Å². The van der Waals surface area contributed by atoms with Crippen molar-refractivity contribution in [1.82, 2.24) is 0 Å². The van der Waals surface area contributed by atoms with E-state index in [2.05, 4.69) is 57.2 Å². The van der Waals surface area contributed by atoms with Gasteiger partial charge in [0.2, 0.25) is 0 Å². The lowest BCUT2D eigenvalue weighted by molar-refractivity contribution is -0.166. The monoisotopic (exact) mass is 883 g/mol. The van der Waals surface area contributed by atoms with Crippen molar-refractivity contribution in [3.8, 4) is 0 Å². The van der Waals surface area contributed by atoms with Crippen LogP contribution < -0.4 is 0 Å². The van der Waals surface area contributed by atoms with Gasteiger partial charge in [0, 0.05) is 19.3 Å². The van der Waals surface area contributed by atoms with Crippen LogP contribution in [0.2, 0.25) is 0 Å². The lowest BCUT2D eigenvalue weighted by Crippen LogP contribution is -2.30. The standard InChI is InChI=1S/C57H102O6/c1-4-7-10-13-16-18-20-22-23-24-25-26-27-28-29-30-31-32-33-35-36-38-41-44-47-50-56(59)62-53-54(52-61-55(58)49-46-43-40-15-12-9-6-3)63-57(60)51-48-45-42-39-37-34-21-19-17-14-11-8-5-2/h8,11,17,19,34,37,42,45,54H,4-7,9-10,12-16,18,20-33,35-36,38-41,43-44,46-53H2,1-3H3/b11-8-,19-17-,37-34-,45-42-. The average Bonchev–Trinajstić information content (AvgIpc) is 3.28. The van der Waals surface area contributed by atoms with E-state index in [9.17, 15) is 14.4 Å². The molecule has 0 heterocycles. The molecule has 0 aromatic carbocycles. The summed E-state index contributed by atoms with van der Waals surface area (Å²) in [4.78, 5) is 37.7. The van der Waals surface area contributed by atoms with Crippen LogP contribution in [0, 0.1) is 0 Å². The van der Waals surface area contributed by atoms with Gasteiger partial charge in [-0.15, -0.1) is 0 Å². The first kappa shape index (κ1) is 60.4. The zero-order chi connectivity index (χ0) is 45.8. The summed E-state index contributed by atoms with van der Waals surface area (Å²) in [5.74, 6) is -0.979. The van der Waals surface area contributed by atoms with Gasteiger partial charge in [0.15, 0.2) is 6.10 Å². The normalized spacial score (nSPS) is 12.4. The molecule has 63 heavy (non-hydrogen) atoms. The van der Waals surface area contributed by atoms with Crippen LogP contribution in [-0.2, 0) is 28.6 Å².